The Morgan fingerprint density at radius 3 is 1.09 bits per heavy atom. The van der Waals surface area contributed by atoms with Crippen LogP contribution < -0.4 is 0 Å². The molecule has 0 bridgehead atoms. The molecule has 0 unspecified atom stereocenters. The van der Waals surface area contributed by atoms with Gasteiger partial charge in [0, 0.05) is 5.92 Å². The molecule has 5 rings (SSSR count). The van der Waals surface area contributed by atoms with Crippen molar-refractivity contribution in [3.63, 3.8) is 0 Å². The molecule has 0 saturated heterocycles. The van der Waals surface area contributed by atoms with Crippen LogP contribution in [0.4, 0.5) is 0 Å². The molecule has 0 saturated carbocycles. The lowest BCUT2D eigenvalue weighted by atomic mass is 9.89. The Balaban J connectivity index is 0.000000648. The van der Waals surface area contributed by atoms with Crippen LogP contribution in [-0.4, -0.2) is 0 Å². The van der Waals surface area contributed by atoms with Crippen molar-refractivity contribution in [2.24, 2.45) is 0 Å². The van der Waals surface area contributed by atoms with Gasteiger partial charge in [0.15, 0.2) is 0 Å². The zero-order valence-corrected chi connectivity index (χ0v) is 23.9. The molecule has 0 N–H and O–H groups in total. The van der Waals surface area contributed by atoms with Crippen molar-refractivity contribution in [3.05, 3.63) is 131 Å². The monoisotopic (exact) mass is 468 g/mol. The zero-order valence-electron chi connectivity index (χ0n) is 23.9. The summed E-state index contributed by atoms with van der Waals surface area (Å²) in [4.78, 5) is 0. The van der Waals surface area contributed by atoms with Crippen LogP contribution in [0.1, 0.15) is 89.1 Å². The quantitative estimate of drug-likeness (QED) is 0.229. The molecule has 0 atom stereocenters. The molecule has 35 heavy (non-hydrogen) atoms. The number of rotatable bonds is 1. The second-order valence-electron chi connectivity index (χ2n) is 7.17. The normalized spacial score (nSPS) is 9.89. The van der Waals surface area contributed by atoms with Crippen LogP contribution in [0.3, 0.4) is 0 Å². The Kier molecular flexibility index (Phi) is 17.5. The van der Waals surface area contributed by atoms with E-state index in [0.717, 1.165) is 0 Å². The van der Waals surface area contributed by atoms with Crippen LogP contribution >= 0.6 is 0 Å². The Morgan fingerprint density at radius 1 is 0.371 bits per heavy atom. The minimum atomic E-state index is 0.378. The first kappa shape index (κ1) is 31.9. The van der Waals surface area contributed by atoms with E-state index in [1.54, 1.807) is 0 Å². The van der Waals surface area contributed by atoms with Gasteiger partial charge in [0.2, 0.25) is 0 Å². The number of aryl methyl sites for hydroxylation is 2. The van der Waals surface area contributed by atoms with Crippen molar-refractivity contribution < 1.29 is 0 Å². The maximum absolute atomic E-state index is 2.26. The average molecular weight is 469 g/mol. The van der Waals surface area contributed by atoms with Gasteiger partial charge in [-0.05, 0) is 41.7 Å². The second-order valence-corrected chi connectivity index (χ2v) is 7.17. The molecule has 4 aromatic carbocycles. The largest absolute Gasteiger partial charge is 0.0683 e. The van der Waals surface area contributed by atoms with Gasteiger partial charge in [-0.1, -0.05) is 170 Å². The van der Waals surface area contributed by atoms with Crippen LogP contribution in [0.2, 0.25) is 0 Å². The van der Waals surface area contributed by atoms with E-state index in [0.29, 0.717) is 5.92 Å². The zero-order chi connectivity index (χ0) is 26.6. The fourth-order valence-electron chi connectivity index (χ4n) is 3.81. The highest BCUT2D eigenvalue weighted by molar-refractivity contribution is 5.80. The lowest BCUT2D eigenvalue weighted by Crippen LogP contribution is -1.98. The Bertz CT molecular complexity index is 981. The van der Waals surface area contributed by atoms with Crippen molar-refractivity contribution in [1.29, 1.82) is 0 Å². The van der Waals surface area contributed by atoms with Gasteiger partial charge in [0.1, 0.15) is 0 Å². The summed E-state index contributed by atoms with van der Waals surface area (Å²) < 4.78 is 0. The standard InChI is InChI=1S/C20H16.C7H8.4C2H6/c1-14-10-12-15(13-11-14)20-18-8-4-2-6-16(18)17-7-3-5-9-19(17)20;1-7-5-3-2-4-6-7;4*1-2/h2-13,20H,1H3;2-6H,1H3;4*1-2H3. The van der Waals surface area contributed by atoms with Gasteiger partial charge < -0.3 is 0 Å². The summed E-state index contributed by atoms with van der Waals surface area (Å²) in [6, 6.07) is 36.8. The molecule has 0 radical (unpaired) electrons. The summed E-state index contributed by atoms with van der Waals surface area (Å²) in [5.41, 5.74) is 9.64. The third kappa shape index (κ3) is 9.21. The summed E-state index contributed by atoms with van der Waals surface area (Å²) in [6.45, 7) is 20.2. The highest BCUT2D eigenvalue weighted by atomic mass is 14.3. The Morgan fingerprint density at radius 2 is 0.714 bits per heavy atom. The lowest BCUT2D eigenvalue weighted by Gasteiger charge is -2.14. The second kappa shape index (κ2) is 19.2. The summed E-state index contributed by atoms with van der Waals surface area (Å²) in [6.07, 6.45) is 0. The van der Waals surface area contributed by atoms with Gasteiger partial charge in [-0.2, -0.15) is 0 Å². The first-order chi connectivity index (χ1) is 17.2. The van der Waals surface area contributed by atoms with Crippen LogP contribution in [0.15, 0.2) is 103 Å². The lowest BCUT2D eigenvalue weighted by molar-refractivity contribution is 1.01. The minimum Gasteiger partial charge on any atom is -0.0683 e. The topological polar surface area (TPSA) is 0 Å². The Hall–Kier alpha value is -3.12. The van der Waals surface area contributed by atoms with E-state index in [2.05, 4.69) is 98.8 Å². The van der Waals surface area contributed by atoms with Crippen LogP contribution in [-0.2, 0) is 0 Å². The van der Waals surface area contributed by atoms with Crippen molar-refractivity contribution in [3.8, 4) is 11.1 Å². The third-order valence-electron chi connectivity index (χ3n) is 5.18. The third-order valence-corrected chi connectivity index (χ3v) is 5.18. The van der Waals surface area contributed by atoms with Gasteiger partial charge in [-0.15, -0.1) is 0 Å². The van der Waals surface area contributed by atoms with Crippen molar-refractivity contribution >= 4 is 0 Å². The smallest absolute Gasteiger partial charge is 0.0352 e. The molecule has 1 aliphatic carbocycles. The molecule has 0 nitrogen and oxygen atoms in total. The van der Waals surface area contributed by atoms with Gasteiger partial charge >= 0.3 is 0 Å². The molecule has 1 aliphatic rings. The Labute approximate surface area is 217 Å². The number of hydrogen-bond donors (Lipinski definition) is 0. The SMILES string of the molecule is CC.CC.CC.CC.Cc1ccc(C2c3ccccc3-c3ccccc32)cc1.Cc1ccccc1. The predicted octanol–water partition coefficient (Wildman–Crippen LogP) is 11.3. The molecule has 0 aromatic heterocycles. The number of benzene rings is 4. The van der Waals surface area contributed by atoms with Crippen LogP contribution in [0.5, 0.6) is 0 Å². The number of fused-ring (bicyclic) bond motifs is 3. The first-order valence-corrected chi connectivity index (χ1v) is 13.5. The minimum absolute atomic E-state index is 0.378. The molecular weight excluding hydrogens is 420 g/mol. The van der Waals surface area contributed by atoms with Gasteiger partial charge in [-0.25, -0.2) is 0 Å². The van der Waals surface area contributed by atoms with E-state index in [1.165, 1.54) is 38.9 Å². The van der Waals surface area contributed by atoms with Gasteiger partial charge in [-0.3, -0.25) is 0 Å². The fraction of sp³-hybridized carbons (Fsp3) is 0.314. The fourth-order valence-corrected chi connectivity index (χ4v) is 3.81. The predicted molar refractivity (Wildman–Crippen MR) is 161 cm³/mol. The molecule has 4 aromatic rings. The molecule has 0 amide bonds. The van der Waals surface area contributed by atoms with Crippen LogP contribution in [0, 0.1) is 13.8 Å². The first-order valence-electron chi connectivity index (χ1n) is 13.5. The summed E-state index contributed by atoms with van der Waals surface area (Å²) in [5.74, 6) is 0.378. The van der Waals surface area contributed by atoms with Gasteiger partial charge in [0.05, 0.1) is 0 Å². The summed E-state index contributed by atoms with van der Waals surface area (Å²) in [7, 11) is 0. The van der Waals surface area contributed by atoms with E-state index >= 15 is 0 Å². The molecule has 188 valence electrons. The van der Waals surface area contributed by atoms with E-state index < -0.39 is 0 Å². The highest BCUT2D eigenvalue weighted by Gasteiger charge is 2.28. The molecule has 0 spiro atoms. The number of hydrogen-bond acceptors (Lipinski definition) is 0. The molecule has 0 aliphatic heterocycles. The summed E-state index contributed by atoms with van der Waals surface area (Å²) >= 11 is 0. The van der Waals surface area contributed by atoms with E-state index in [4.69, 9.17) is 0 Å². The van der Waals surface area contributed by atoms with Crippen LogP contribution in [0.25, 0.3) is 11.1 Å². The van der Waals surface area contributed by atoms with Crippen molar-refractivity contribution in [1.82, 2.24) is 0 Å². The molecule has 0 fully saturated rings. The maximum Gasteiger partial charge on any atom is 0.0352 e. The van der Waals surface area contributed by atoms with E-state index in [9.17, 15) is 0 Å². The summed E-state index contributed by atoms with van der Waals surface area (Å²) in [5, 5.41) is 0. The van der Waals surface area contributed by atoms with Crippen molar-refractivity contribution in [2.75, 3.05) is 0 Å². The van der Waals surface area contributed by atoms with E-state index in [1.807, 2.05) is 73.6 Å². The average Bonchev–Trinajstić information content (AvgIpc) is 3.29. The highest BCUT2D eigenvalue weighted by Crippen LogP contribution is 2.47. The molecular formula is C35H48. The van der Waals surface area contributed by atoms with Gasteiger partial charge in [0.25, 0.3) is 0 Å². The van der Waals surface area contributed by atoms with E-state index in [-0.39, 0.29) is 0 Å². The molecule has 0 heteroatoms. The maximum atomic E-state index is 2.26. The molecule has 0 heterocycles. The van der Waals surface area contributed by atoms with Crippen molar-refractivity contribution in [2.45, 2.75) is 75.2 Å².